The molecule has 1 heterocycles. The molecule has 0 aliphatic rings. The van der Waals surface area contributed by atoms with Crippen LogP contribution in [-0.2, 0) is 0 Å². The molecule has 0 saturated heterocycles. The van der Waals surface area contributed by atoms with Crippen molar-refractivity contribution in [2.45, 2.75) is 20.8 Å². The number of aromatic nitrogens is 1. The molecule has 0 saturated carbocycles. The summed E-state index contributed by atoms with van der Waals surface area (Å²) in [6.45, 7) is 10.2. The summed E-state index contributed by atoms with van der Waals surface area (Å²) in [5.41, 5.74) is 7.20. The van der Waals surface area contributed by atoms with Gasteiger partial charge in [0.15, 0.2) is 7.28 Å². The Kier molecular flexibility index (Phi) is 4.57. The van der Waals surface area contributed by atoms with Gasteiger partial charge in [-0.3, -0.25) is 4.98 Å². The van der Waals surface area contributed by atoms with Crippen molar-refractivity contribution in [3.8, 4) is 0 Å². The van der Waals surface area contributed by atoms with Gasteiger partial charge < -0.3 is 0 Å². The standard InChI is InChI=1S/C18H19BN/c1-5-16-6-7-17(20-12-16)8-9-19-18-14(3)10-13(2)11-15(18)4/h5-12H,1H2,2-4H3/b9-8+. The first-order chi connectivity index (χ1) is 9.60. The molecular weight excluding hydrogens is 241 g/mol. The molecule has 2 rings (SSSR count). The van der Waals surface area contributed by atoms with E-state index >= 15 is 0 Å². The van der Waals surface area contributed by atoms with Gasteiger partial charge in [0.1, 0.15) is 0 Å². The van der Waals surface area contributed by atoms with Gasteiger partial charge in [-0.1, -0.05) is 53.0 Å². The second-order valence-corrected chi connectivity index (χ2v) is 5.06. The van der Waals surface area contributed by atoms with E-state index in [4.69, 9.17) is 0 Å². The minimum atomic E-state index is 0.953. The summed E-state index contributed by atoms with van der Waals surface area (Å²) in [5, 5.41) is 0. The van der Waals surface area contributed by atoms with Crippen LogP contribution in [0, 0.1) is 20.8 Å². The number of aryl methyl sites for hydroxylation is 3. The van der Waals surface area contributed by atoms with Crippen molar-refractivity contribution < 1.29 is 0 Å². The van der Waals surface area contributed by atoms with Crippen molar-refractivity contribution in [1.82, 2.24) is 4.98 Å². The van der Waals surface area contributed by atoms with Crippen LogP contribution in [0.1, 0.15) is 27.9 Å². The zero-order chi connectivity index (χ0) is 14.5. The molecule has 0 aliphatic heterocycles. The lowest BCUT2D eigenvalue weighted by Gasteiger charge is -2.08. The Morgan fingerprint density at radius 2 is 1.80 bits per heavy atom. The van der Waals surface area contributed by atoms with Crippen LogP contribution in [0.25, 0.3) is 12.2 Å². The van der Waals surface area contributed by atoms with E-state index in [9.17, 15) is 0 Å². The predicted molar refractivity (Wildman–Crippen MR) is 89.4 cm³/mol. The summed E-state index contributed by atoms with van der Waals surface area (Å²) < 4.78 is 0. The molecule has 0 unspecified atom stereocenters. The van der Waals surface area contributed by atoms with Crippen molar-refractivity contribution >= 4 is 24.9 Å². The van der Waals surface area contributed by atoms with Gasteiger partial charge in [-0.15, -0.1) is 5.98 Å². The van der Waals surface area contributed by atoms with Crippen LogP contribution < -0.4 is 5.46 Å². The largest absolute Gasteiger partial charge is 0.256 e. The van der Waals surface area contributed by atoms with Gasteiger partial charge in [-0.25, -0.2) is 0 Å². The van der Waals surface area contributed by atoms with Crippen LogP contribution in [0.2, 0.25) is 0 Å². The molecule has 1 aromatic carbocycles. The molecule has 1 radical (unpaired) electrons. The molecule has 20 heavy (non-hydrogen) atoms. The third-order valence-corrected chi connectivity index (χ3v) is 3.31. The fourth-order valence-corrected chi connectivity index (χ4v) is 2.33. The summed E-state index contributed by atoms with van der Waals surface area (Å²) in [7, 11) is 2.15. The summed E-state index contributed by atoms with van der Waals surface area (Å²) in [5.74, 6) is 2.06. The van der Waals surface area contributed by atoms with Crippen LogP contribution in [0.15, 0.2) is 43.0 Å². The maximum absolute atomic E-state index is 4.36. The Morgan fingerprint density at radius 1 is 1.10 bits per heavy atom. The number of nitrogens with zero attached hydrogens (tertiary/aromatic N) is 1. The highest BCUT2D eigenvalue weighted by molar-refractivity contribution is 6.60. The zero-order valence-electron chi connectivity index (χ0n) is 12.4. The molecule has 0 N–H and O–H groups in total. The van der Waals surface area contributed by atoms with Crippen LogP contribution in [0.3, 0.4) is 0 Å². The van der Waals surface area contributed by atoms with Crippen molar-refractivity contribution in [1.29, 1.82) is 0 Å². The van der Waals surface area contributed by atoms with Gasteiger partial charge in [0.05, 0.1) is 5.69 Å². The van der Waals surface area contributed by atoms with Crippen LogP contribution in [-0.4, -0.2) is 12.3 Å². The molecule has 0 fully saturated rings. The van der Waals surface area contributed by atoms with Gasteiger partial charge in [-0.05, 0) is 38.5 Å². The minimum absolute atomic E-state index is 0.953. The predicted octanol–water partition coefficient (Wildman–Crippen LogP) is 3.65. The van der Waals surface area contributed by atoms with E-state index in [0.29, 0.717) is 0 Å². The fourth-order valence-electron chi connectivity index (χ4n) is 2.33. The van der Waals surface area contributed by atoms with E-state index in [1.807, 2.05) is 24.4 Å². The minimum Gasteiger partial charge on any atom is -0.256 e. The normalized spacial score (nSPS) is 10.8. The SMILES string of the molecule is C=Cc1ccc(/C=C/[B]c2c(C)cc(C)cc2C)nc1. The van der Waals surface area contributed by atoms with E-state index in [0.717, 1.165) is 11.3 Å². The first-order valence-electron chi connectivity index (χ1n) is 6.78. The summed E-state index contributed by atoms with van der Waals surface area (Å²) in [4.78, 5) is 4.36. The Morgan fingerprint density at radius 3 is 2.35 bits per heavy atom. The molecule has 0 amide bonds. The van der Waals surface area contributed by atoms with E-state index in [2.05, 4.69) is 57.7 Å². The third-order valence-electron chi connectivity index (χ3n) is 3.31. The lowest BCUT2D eigenvalue weighted by atomic mass is 9.66. The summed E-state index contributed by atoms with van der Waals surface area (Å²) in [6, 6.07) is 8.44. The first kappa shape index (κ1) is 14.3. The van der Waals surface area contributed by atoms with Crippen molar-refractivity contribution in [3.05, 3.63) is 71.0 Å². The second kappa shape index (κ2) is 6.38. The number of benzene rings is 1. The highest BCUT2D eigenvalue weighted by atomic mass is 14.7. The molecule has 0 bridgehead atoms. The molecule has 0 spiro atoms. The maximum atomic E-state index is 4.36. The van der Waals surface area contributed by atoms with Crippen molar-refractivity contribution in [3.63, 3.8) is 0 Å². The quantitative estimate of drug-likeness (QED) is 0.764. The van der Waals surface area contributed by atoms with Crippen LogP contribution >= 0.6 is 0 Å². The van der Waals surface area contributed by atoms with Crippen molar-refractivity contribution in [2.24, 2.45) is 0 Å². The number of hydrogen-bond acceptors (Lipinski definition) is 1. The van der Waals surface area contributed by atoms with Gasteiger partial charge in [0.2, 0.25) is 0 Å². The lowest BCUT2D eigenvalue weighted by Crippen LogP contribution is -2.19. The number of hydrogen-bond donors (Lipinski definition) is 0. The highest BCUT2D eigenvalue weighted by Gasteiger charge is 2.02. The molecule has 1 nitrogen and oxygen atoms in total. The topological polar surface area (TPSA) is 12.9 Å². The maximum Gasteiger partial charge on any atom is 0.182 e. The van der Waals surface area contributed by atoms with E-state index in [1.54, 1.807) is 6.08 Å². The highest BCUT2D eigenvalue weighted by Crippen LogP contribution is 2.06. The van der Waals surface area contributed by atoms with Gasteiger partial charge in [-0.2, -0.15) is 0 Å². The van der Waals surface area contributed by atoms with E-state index in [-0.39, 0.29) is 0 Å². The Balaban J connectivity index is 2.11. The van der Waals surface area contributed by atoms with Crippen molar-refractivity contribution in [2.75, 3.05) is 0 Å². The molecule has 99 valence electrons. The fraction of sp³-hybridized carbons (Fsp3) is 0.167. The van der Waals surface area contributed by atoms with E-state index < -0.39 is 0 Å². The van der Waals surface area contributed by atoms with Gasteiger partial charge in [0, 0.05) is 6.20 Å². The number of rotatable bonds is 4. The van der Waals surface area contributed by atoms with Crippen LogP contribution in [0.5, 0.6) is 0 Å². The van der Waals surface area contributed by atoms with Gasteiger partial charge >= 0.3 is 0 Å². The molecule has 2 aromatic rings. The van der Waals surface area contributed by atoms with Gasteiger partial charge in [0.25, 0.3) is 0 Å². The number of pyridine rings is 1. The Bertz CT molecular complexity index is 616. The van der Waals surface area contributed by atoms with Crippen LogP contribution in [0.4, 0.5) is 0 Å². The molecule has 1 aromatic heterocycles. The average Bonchev–Trinajstić information content (AvgIpc) is 2.42. The lowest BCUT2D eigenvalue weighted by molar-refractivity contribution is 1.29. The second-order valence-electron chi connectivity index (χ2n) is 5.06. The first-order valence-corrected chi connectivity index (χ1v) is 6.78. The Hall–Kier alpha value is -2.09. The Labute approximate surface area is 122 Å². The average molecular weight is 260 g/mol. The molecule has 0 atom stereocenters. The smallest absolute Gasteiger partial charge is 0.182 e. The zero-order valence-corrected chi connectivity index (χ0v) is 12.4. The summed E-state index contributed by atoms with van der Waals surface area (Å²) in [6.07, 6.45) is 5.65. The summed E-state index contributed by atoms with van der Waals surface area (Å²) >= 11 is 0. The molecule has 0 aliphatic carbocycles. The monoisotopic (exact) mass is 260 g/mol. The molecule has 2 heteroatoms. The van der Waals surface area contributed by atoms with E-state index in [1.165, 1.54) is 22.2 Å². The molecular formula is C18H19BN. The third kappa shape index (κ3) is 3.48.